The minimum absolute atomic E-state index is 0.00129. The molecule has 4 rings (SSSR count). The molecule has 8 heteroatoms. The minimum atomic E-state index is -0.00129. The van der Waals surface area contributed by atoms with Gasteiger partial charge in [-0.2, -0.15) is 0 Å². The molecule has 2 amide bonds. The first-order valence-corrected chi connectivity index (χ1v) is 11.2. The Kier molecular flexibility index (Phi) is 6.22. The van der Waals surface area contributed by atoms with Crippen molar-refractivity contribution in [3.8, 4) is 5.75 Å². The van der Waals surface area contributed by atoms with Gasteiger partial charge in [0.25, 0.3) is 0 Å². The number of fused-ring (bicyclic) bond motifs is 1. The average Bonchev–Trinajstić information content (AvgIpc) is 3.21. The number of carbonyl (C=O) groups is 2. The average molecular weight is 429 g/mol. The third kappa shape index (κ3) is 4.59. The molecule has 1 saturated heterocycles. The van der Waals surface area contributed by atoms with Crippen LogP contribution in [0.25, 0.3) is 0 Å². The standard InChI is InChI=1S/C22H28N4O3S/c1-15(27)25-9-11-26(12-10-25)22-24-19-8-5-17(13-20(19)30-22)21(28)23-14-16-3-6-18(29-2)7-4-16/h3-4,6-7,17H,5,8-14H2,1-2H3,(H,23,28)/t17-/m1/s1. The zero-order valence-corrected chi connectivity index (χ0v) is 18.3. The number of rotatable bonds is 5. The van der Waals surface area contributed by atoms with Crippen LogP contribution in [0.5, 0.6) is 5.75 Å². The summed E-state index contributed by atoms with van der Waals surface area (Å²) in [5, 5.41) is 4.11. The van der Waals surface area contributed by atoms with Gasteiger partial charge in [-0.15, -0.1) is 11.3 Å². The van der Waals surface area contributed by atoms with E-state index in [4.69, 9.17) is 9.72 Å². The predicted molar refractivity (Wildman–Crippen MR) is 117 cm³/mol. The Morgan fingerprint density at radius 3 is 2.60 bits per heavy atom. The number of hydrogen-bond donors (Lipinski definition) is 1. The van der Waals surface area contributed by atoms with Crippen LogP contribution in [0.4, 0.5) is 5.13 Å². The van der Waals surface area contributed by atoms with E-state index in [0.29, 0.717) is 6.54 Å². The van der Waals surface area contributed by atoms with E-state index >= 15 is 0 Å². The topological polar surface area (TPSA) is 74.8 Å². The van der Waals surface area contributed by atoms with Crippen molar-refractivity contribution in [3.05, 3.63) is 40.4 Å². The SMILES string of the molecule is COc1ccc(CNC(=O)[C@@H]2CCc3nc(N4CCN(C(C)=O)CC4)sc3C2)cc1. The van der Waals surface area contributed by atoms with E-state index in [0.717, 1.165) is 67.6 Å². The molecule has 2 aliphatic rings. The van der Waals surface area contributed by atoms with Gasteiger partial charge in [-0.1, -0.05) is 12.1 Å². The van der Waals surface area contributed by atoms with Gasteiger partial charge in [0.2, 0.25) is 11.8 Å². The Morgan fingerprint density at radius 1 is 1.20 bits per heavy atom. The van der Waals surface area contributed by atoms with Gasteiger partial charge in [0.05, 0.1) is 12.8 Å². The second-order valence-electron chi connectivity index (χ2n) is 7.87. The first-order chi connectivity index (χ1) is 14.5. The van der Waals surface area contributed by atoms with Gasteiger partial charge in [0.15, 0.2) is 5.13 Å². The number of carbonyl (C=O) groups excluding carboxylic acids is 2. The molecule has 1 aromatic carbocycles. The van der Waals surface area contributed by atoms with Gasteiger partial charge in [-0.25, -0.2) is 4.98 Å². The lowest BCUT2D eigenvalue weighted by Crippen LogP contribution is -2.48. The molecule has 0 spiro atoms. The molecule has 1 aliphatic heterocycles. The summed E-state index contributed by atoms with van der Waals surface area (Å²) in [5.41, 5.74) is 2.20. The molecule has 1 aliphatic carbocycles. The van der Waals surface area contributed by atoms with E-state index in [-0.39, 0.29) is 17.7 Å². The van der Waals surface area contributed by atoms with Gasteiger partial charge in [-0.05, 0) is 37.0 Å². The molecule has 160 valence electrons. The molecule has 0 radical (unpaired) electrons. The van der Waals surface area contributed by atoms with Crippen molar-refractivity contribution in [1.29, 1.82) is 0 Å². The lowest BCUT2D eigenvalue weighted by Gasteiger charge is -2.33. The van der Waals surface area contributed by atoms with Crippen LogP contribution in [-0.2, 0) is 29.0 Å². The van der Waals surface area contributed by atoms with E-state index in [2.05, 4.69) is 10.2 Å². The molecular weight excluding hydrogens is 400 g/mol. The fourth-order valence-electron chi connectivity index (χ4n) is 4.01. The summed E-state index contributed by atoms with van der Waals surface area (Å²) in [7, 11) is 1.64. The number of methoxy groups -OCH3 is 1. The number of anilines is 1. The molecule has 1 aromatic heterocycles. The summed E-state index contributed by atoms with van der Waals surface area (Å²) in [6.07, 6.45) is 2.44. The Balaban J connectivity index is 1.32. The van der Waals surface area contributed by atoms with Gasteiger partial charge < -0.3 is 19.9 Å². The summed E-state index contributed by atoms with van der Waals surface area (Å²) >= 11 is 1.71. The number of nitrogens with zero attached hydrogens (tertiary/aromatic N) is 3. The van der Waals surface area contributed by atoms with Crippen LogP contribution in [0, 0.1) is 5.92 Å². The Labute approximate surface area is 181 Å². The first-order valence-electron chi connectivity index (χ1n) is 10.4. The van der Waals surface area contributed by atoms with E-state index in [1.54, 1.807) is 25.4 Å². The number of ether oxygens (including phenoxy) is 1. The fourth-order valence-corrected chi connectivity index (χ4v) is 5.25. The van der Waals surface area contributed by atoms with Gasteiger partial charge in [0, 0.05) is 50.4 Å². The molecule has 0 saturated carbocycles. The minimum Gasteiger partial charge on any atom is -0.497 e. The number of aromatic nitrogens is 1. The molecular formula is C22H28N4O3S. The number of nitrogens with one attached hydrogen (secondary N) is 1. The highest BCUT2D eigenvalue weighted by Gasteiger charge is 2.29. The lowest BCUT2D eigenvalue weighted by molar-refractivity contribution is -0.129. The van der Waals surface area contributed by atoms with E-state index < -0.39 is 0 Å². The van der Waals surface area contributed by atoms with Gasteiger partial charge in [0.1, 0.15) is 5.75 Å². The largest absolute Gasteiger partial charge is 0.497 e. The Hall–Kier alpha value is -2.61. The summed E-state index contributed by atoms with van der Waals surface area (Å²) in [5.74, 6) is 1.06. The molecule has 1 atom stereocenters. The van der Waals surface area contributed by atoms with Crippen LogP contribution >= 0.6 is 11.3 Å². The van der Waals surface area contributed by atoms with E-state index in [1.807, 2.05) is 29.2 Å². The van der Waals surface area contributed by atoms with Crippen molar-refractivity contribution >= 4 is 28.3 Å². The number of aryl methyl sites for hydroxylation is 1. The van der Waals surface area contributed by atoms with E-state index in [1.165, 1.54) is 4.88 Å². The third-order valence-corrected chi connectivity index (χ3v) is 7.10. The molecule has 2 heterocycles. The molecule has 2 aromatic rings. The maximum absolute atomic E-state index is 12.7. The van der Waals surface area contributed by atoms with Crippen molar-refractivity contribution in [2.24, 2.45) is 5.92 Å². The Morgan fingerprint density at radius 2 is 1.93 bits per heavy atom. The number of hydrogen-bond acceptors (Lipinski definition) is 6. The number of thiazole rings is 1. The number of amides is 2. The number of piperazine rings is 1. The predicted octanol–water partition coefficient (Wildman–Crippen LogP) is 2.24. The fraction of sp³-hybridized carbons (Fsp3) is 0.500. The van der Waals surface area contributed by atoms with Crippen molar-refractivity contribution in [1.82, 2.24) is 15.2 Å². The van der Waals surface area contributed by atoms with Crippen LogP contribution in [-0.4, -0.2) is 55.0 Å². The van der Waals surface area contributed by atoms with Crippen LogP contribution in [0.1, 0.15) is 29.5 Å². The summed E-state index contributed by atoms with van der Waals surface area (Å²) in [6.45, 7) is 5.28. The zero-order valence-electron chi connectivity index (χ0n) is 17.5. The molecule has 0 unspecified atom stereocenters. The molecule has 7 nitrogen and oxygen atoms in total. The molecule has 30 heavy (non-hydrogen) atoms. The quantitative estimate of drug-likeness (QED) is 0.791. The van der Waals surface area contributed by atoms with Crippen LogP contribution in [0.2, 0.25) is 0 Å². The number of benzene rings is 1. The third-order valence-electron chi connectivity index (χ3n) is 5.92. The summed E-state index contributed by atoms with van der Waals surface area (Å²) in [6, 6.07) is 7.76. The summed E-state index contributed by atoms with van der Waals surface area (Å²) in [4.78, 5) is 34.5. The van der Waals surface area contributed by atoms with Crippen LogP contribution in [0.15, 0.2) is 24.3 Å². The van der Waals surface area contributed by atoms with E-state index in [9.17, 15) is 9.59 Å². The van der Waals surface area contributed by atoms with Crippen LogP contribution in [0.3, 0.4) is 0 Å². The highest BCUT2D eigenvalue weighted by Crippen LogP contribution is 2.34. The maximum atomic E-state index is 12.7. The van der Waals surface area contributed by atoms with Crippen molar-refractivity contribution in [3.63, 3.8) is 0 Å². The normalized spacial score (nSPS) is 18.7. The monoisotopic (exact) mass is 428 g/mol. The molecule has 0 bridgehead atoms. The van der Waals surface area contributed by atoms with Gasteiger partial charge in [-0.3, -0.25) is 9.59 Å². The van der Waals surface area contributed by atoms with Gasteiger partial charge >= 0.3 is 0 Å². The van der Waals surface area contributed by atoms with Crippen molar-refractivity contribution < 1.29 is 14.3 Å². The molecule has 1 fully saturated rings. The first kappa shape index (κ1) is 20.7. The second-order valence-corrected chi connectivity index (χ2v) is 8.93. The summed E-state index contributed by atoms with van der Waals surface area (Å²) < 4.78 is 5.17. The lowest BCUT2D eigenvalue weighted by atomic mass is 9.90. The van der Waals surface area contributed by atoms with Crippen LogP contribution < -0.4 is 15.0 Å². The highest BCUT2D eigenvalue weighted by atomic mass is 32.1. The maximum Gasteiger partial charge on any atom is 0.223 e. The zero-order chi connectivity index (χ0) is 21.1. The smallest absolute Gasteiger partial charge is 0.223 e. The Bertz CT molecular complexity index is 904. The van der Waals surface area contributed by atoms with Crippen molar-refractivity contribution in [2.75, 3.05) is 38.2 Å². The highest BCUT2D eigenvalue weighted by molar-refractivity contribution is 7.15. The van der Waals surface area contributed by atoms with Crippen molar-refractivity contribution in [2.45, 2.75) is 32.7 Å². The molecule has 1 N–H and O–H groups in total. The second kappa shape index (κ2) is 9.04.